The summed E-state index contributed by atoms with van der Waals surface area (Å²) in [7, 11) is 1.40. The Morgan fingerprint density at radius 3 is 2.41 bits per heavy atom. The Kier molecular flexibility index (Phi) is 8.50. The van der Waals surface area contributed by atoms with Gasteiger partial charge in [0, 0.05) is 11.5 Å². The van der Waals surface area contributed by atoms with E-state index < -0.39 is 17.5 Å². The van der Waals surface area contributed by atoms with Crippen LogP contribution in [-0.4, -0.2) is 46.6 Å². The van der Waals surface area contributed by atoms with Gasteiger partial charge in [0.25, 0.3) is 0 Å². The number of carboxylic acids is 2. The number of benzene rings is 1. The third-order valence-corrected chi connectivity index (χ3v) is 6.10. The van der Waals surface area contributed by atoms with Gasteiger partial charge >= 0.3 is 11.9 Å². The minimum absolute atomic E-state index is 0.0192. The fraction of sp³-hybridized carbons (Fsp3) is 0.520. The number of aliphatic hydroxyl groups is 1. The maximum atomic E-state index is 12.0. The van der Waals surface area contributed by atoms with Crippen molar-refractivity contribution in [1.82, 2.24) is 0 Å². The molecule has 0 spiro atoms. The summed E-state index contributed by atoms with van der Waals surface area (Å²) < 4.78 is 11.6. The molecule has 0 aliphatic carbocycles. The summed E-state index contributed by atoms with van der Waals surface area (Å²) in [6.45, 7) is 7.92. The summed E-state index contributed by atoms with van der Waals surface area (Å²) in [4.78, 5) is 23.7. The number of allylic oxidation sites excluding steroid dienone is 4. The highest BCUT2D eigenvalue weighted by Gasteiger charge is 2.44. The van der Waals surface area contributed by atoms with Crippen molar-refractivity contribution < 1.29 is 34.4 Å². The lowest BCUT2D eigenvalue weighted by molar-refractivity contribution is -0.0229. The topological polar surface area (TPSA) is 113 Å². The van der Waals surface area contributed by atoms with Gasteiger partial charge in [-0.05, 0) is 65.9 Å². The average Bonchev–Trinajstić information content (AvgIpc) is 2.71. The summed E-state index contributed by atoms with van der Waals surface area (Å²) in [6.07, 6.45) is 7.85. The number of methoxy groups -OCH3 is 1. The lowest BCUT2D eigenvalue weighted by Gasteiger charge is -2.43. The fourth-order valence-electron chi connectivity index (χ4n) is 4.13. The first-order chi connectivity index (χ1) is 15.0. The third-order valence-electron chi connectivity index (χ3n) is 6.10. The predicted octanol–water partition coefficient (Wildman–Crippen LogP) is 4.87. The van der Waals surface area contributed by atoms with Crippen LogP contribution in [0.1, 0.15) is 79.7 Å². The molecule has 0 aromatic heterocycles. The highest BCUT2D eigenvalue weighted by Crippen LogP contribution is 2.46. The number of aromatic carboxylic acids is 2. The van der Waals surface area contributed by atoms with Gasteiger partial charge in [-0.1, -0.05) is 23.3 Å². The summed E-state index contributed by atoms with van der Waals surface area (Å²) in [6, 6.07) is 1.21. The highest BCUT2D eigenvalue weighted by atomic mass is 16.5. The zero-order valence-electron chi connectivity index (χ0n) is 19.5. The number of rotatable bonds is 10. The molecule has 0 fully saturated rings. The molecule has 7 nitrogen and oxygen atoms in total. The fourth-order valence-corrected chi connectivity index (χ4v) is 4.13. The number of aliphatic hydroxyl groups excluding tert-OH is 1. The van der Waals surface area contributed by atoms with Gasteiger partial charge in [-0.2, -0.15) is 0 Å². The number of carboxylic acid groups (broad SMARTS) is 2. The summed E-state index contributed by atoms with van der Waals surface area (Å²) >= 11 is 0. The Labute approximate surface area is 189 Å². The van der Waals surface area contributed by atoms with Crippen molar-refractivity contribution in [2.24, 2.45) is 5.92 Å². The largest absolute Gasteiger partial charge is 0.496 e. The standard InChI is InChI=1S/C25H34O7/c1-15(2)8-6-9-16(3)10-7-11-25(4)17(14-26)12-18-20(31-5)13-19(23(27)28)21(24(29)30)22(18)32-25/h8,10,13,17,26H,6-7,9,11-12,14H2,1-5H3,(H,27,28)(H,29,30)/b16-10+. The second-order valence-corrected chi connectivity index (χ2v) is 8.83. The normalized spacial score (nSPS) is 20.2. The minimum atomic E-state index is -1.37. The van der Waals surface area contributed by atoms with Crippen LogP contribution in [0.5, 0.6) is 11.5 Å². The van der Waals surface area contributed by atoms with Crippen LogP contribution in [-0.2, 0) is 6.42 Å². The molecule has 0 radical (unpaired) electrons. The highest BCUT2D eigenvalue weighted by molar-refractivity contribution is 6.04. The van der Waals surface area contributed by atoms with Crippen molar-refractivity contribution in [1.29, 1.82) is 0 Å². The number of ether oxygens (including phenoxy) is 2. The molecule has 0 bridgehead atoms. The van der Waals surface area contributed by atoms with E-state index in [1.54, 1.807) is 0 Å². The number of hydrogen-bond acceptors (Lipinski definition) is 5. The van der Waals surface area contributed by atoms with E-state index in [0.717, 1.165) is 12.8 Å². The van der Waals surface area contributed by atoms with Crippen LogP contribution >= 0.6 is 0 Å². The second-order valence-electron chi connectivity index (χ2n) is 8.83. The lowest BCUT2D eigenvalue weighted by atomic mass is 9.77. The van der Waals surface area contributed by atoms with Crippen LogP contribution < -0.4 is 9.47 Å². The Hall–Kier alpha value is -2.80. The minimum Gasteiger partial charge on any atom is -0.496 e. The SMILES string of the molecule is COc1cc(C(=O)O)c(C(=O)O)c2c1CC(CO)C(C)(CC/C=C(\C)CCC=C(C)C)O2. The molecule has 7 heteroatoms. The van der Waals surface area contributed by atoms with Gasteiger partial charge in [0.05, 0.1) is 19.3 Å². The molecular formula is C25H34O7. The molecule has 0 amide bonds. The number of carbonyl (C=O) groups is 2. The van der Waals surface area contributed by atoms with E-state index in [-0.39, 0.29) is 35.2 Å². The molecule has 2 unspecified atom stereocenters. The zero-order valence-corrected chi connectivity index (χ0v) is 19.5. The van der Waals surface area contributed by atoms with Crippen LogP contribution in [0.4, 0.5) is 0 Å². The summed E-state index contributed by atoms with van der Waals surface area (Å²) in [5.74, 6) is -2.77. The van der Waals surface area contributed by atoms with Crippen LogP contribution in [0.15, 0.2) is 29.4 Å². The summed E-state index contributed by atoms with van der Waals surface area (Å²) in [5, 5.41) is 29.4. The van der Waals surface area contributed by atoms with Gasteiger partial charge in [0.1, 0.15) is 22.7 Å². The molecule has 176 valence electrons. The zero-order chi connectivity index (χ0) is 24.1. The van der Waals surface area contributed by atoms with Crippen molar-refractivity contribution in [2.45, 2.75) is 65.4 Å². The van der Waals surface area contributed by atoms with E-state index in [4.69, 9.17) is 9.47 Å². The van der Waals surface area contributed by atoms with Crippen molar-refractivity contribution >= 4 is 11.9 Å². The molecule has 2 rings (SSSR count). The number of hydrogen-bond donors (Lipinski definition) is 3. The molecule has 1 heterocycles. The van der Waals surface area contributed by atoms with E-state index in [2.05, 4.69) is 32.9 Å². The smallest absolute Gasteiger partial charge is 0.340 e. The second kappa shape index (κ2) is 10.7. The van der Waals surface area contributed by atoms with Gasteiger partial charge < -0.3 is 24.8 Å². The van der Waals surface area contributed by atoms with E-state index in [9.17, 15) is 24.9 Å². The molecule has 1 aliphatic rings. The maximum absolute atomic E-state index is 12.0. The first-order valence-electron chi connectivity index (χ1n) is 10.8. The Bertz CT molecular complexity index is 925. The van der Waals surface area contributed by atoms with Crippen LogP contribution in [0, 0.1) is 5.92 Å². The van der Waals surface area contributed by atoms with E-state index >= 15 is 0 Å². The van der Waals surface area contributed by atoms with E-state index in [1.165, 1.54) is 24.3 Å². The molecule has 32 heavy (non-hydrogen) atoms. The monoisotopic (exact) mass is 446 g/mol. The van der Waals surface area contributed by atoms with Gasteiger partial charge in [-0.15, -0.1) is 0 Å². The number of fused-ring (bicyclic) bond motifs is 1. The van der Waals surface area contributed by atoms with E-state index in [0.29, 0.717) is 24.8 Å². The predicted molar refractivity (Wildman–Crippen MR) is 122 cm³/mol. The van der Waals surface area contributed by atoms with Gasteiger partial charge in [-0.25, -0.2) is 9.59 Å². The van der Waals surface area contributed by atoms with Gasteiger partial charge in [0.15, 0.2) is 0 Å². The van der Waals surface area contributed by atoms with Crippen molar-refractivity contribution in [3.63, 3.8) is 0 Å². The molecule has 3 N–H and O–H groups in total. The Morgan fingerprint density at radius 1 is 1.19 bits per heavy atom. The van der Waals surface area contributed by atoms with Crippen molar-refractivity contribution in [3.05, 3.63) is 46.1 Å². The summed E-state index contributed by atoms with van der Waals surface area (Å²) in [5.41, 5.74) is 1.39. The van der Waals surface area contributed by atoms with Crippen LogP contribution in [0.2, 0.25) is 0 Å². The molecule has 2 atom stereocenters. The molecule has 1 aromatic rings. The Morgan fingerprint density at radius 2 is 1.88 bits per heavy atom. The van der Waals surface area contributed by atoms with Crippen LogP contribution in [0.3, 0.4) is 0 Å². The first-order valence-corrected chi connectivity index (χ1v) is 10.8. The third kappa shape index (κ3) is 5.71. The van der Waals surface area contributed by atoms with Gasteiger partial charge in [-0.3, -0.25) is 0 Å². The quantitative estimate of drug-likeness (QED) is 0.440. The van der Waals surface area contributed by atoms with E-state index in [1.807, 2.05) is 6.92 Å². The molecule has 0 saturated heterocycles. The average molecular weight is 447 g/mol. The van der Waals surface area contributed by atoms with Crippen molar-refractivity contribution in [2.75, 3.05) is 13.7 Å². The molecular weight excluding hydrogens is 412 g/mol. The maximum Gasteiger partial charge on any atom is 0.340 e. The first kappa shape index (κ1) is 25.5. The molecule has 0 saturated carbocycles. The molecule has 1 aromatic carbocycles. The van der Waals surface area contributed by atoms with Gasteiger partial charge in [0.2, 0.25) is 0 Å². The Balaban J connectivity index is 2.37. The van der Waals surface area contributed by atoms with Crippen molar-refractivity contribution in [3.8, 4) is 11.5 Å². The van der Waals surface area contributed by atoms with Crippen LogP contribution in [0.25, 0.3) is 0 Å². The lowest BCUT2D eigenvalue weighted by Crippen LogP contribution is -2.47. The molecule has 1 aliphatic heterocycles.